The van der Waals surface area contributed by atoms with Crippen molar-refractivity contribution in [1.82, 2.24) is 0 Å². The summed E-state index contributed by atoms with van der Waals surface area (Å²) >= 11 is 11.7. The zero-order valence-corrected chi connectivity index (χ0v) is 19.1. The van der Waals surface area contributed by atoms with E-state index in [0.717, 1.165) is 0 Å². The Hall–Kier alpha value is -3.07. The van der Waals surface area contributed by atoms with Crippen LogP contribution in [0.2, 0.25) is 10.0 Å². The molecule has 166 valence electrons. The van der Waals surface area contributed by atoms with Crippen LogP contribution in [0.4, 0.5) is 11.4 Å². The summed E-state index contributed by atoms with van der Waals surface area (Å²) < 4.78 is 32.6. The third-order valence-corrected chi connectivity index (χ3v) is 6.35. The van der Waals surface area contributed by atoms with Crippen molar-refractivity contribution in [3.05, 3.63) is 87.9 Å². The van der Waals surface area contributed by atoms with Gasteiger partial charge in [0, 0.05) is 16.9 Å². The first-order chi connectivity index (χ1) is 15.2. The monoisotopic (exact) mass is 492 g/mol. The zero-order chi connectivity index (χ0) is 23.3. The summed E-state index contributed by atoms with van der Waals surface area (Å²) in [5, 5.41) is 3.04. The van der Waals surface area contributed by atoms with Crippen LogP contribution in [0.3, 0.4) is 0 Å². The molecule has 0 saturated carbocycles. The van der Waals surface area contributed by atoms with Gasteiger partial charge in [-0.3, -0.25) is 9.52 Å². The summed E-state index contributed by atoms with van der Waals surface area (Å²) in [5.41, 5.74) is 1.25. The molecule has 0 atom stereocenters. The molecule has 1 amide bonds. The van der Waals surface area contributed by atoms with Gasteiger partial charge in [0.05, 0.1) is 27.1 Å². The van der Waals surface area contributed by atoms with E-state index in [1.807, 2.05) is 0 Å². The van der Waals surface area contributed by atoms with Gasteiger partial charge in [0.25, 0.3) is 15.9 Å². The lowest BCUT2D eigenvalue weighted by atomic mass is 10.1. The number of hydrogen-bond acceptors (Lipinski definition) is 5. The highest BCUT2D eigenvalue weighted by atomic mass is 35.5. The third kappa shape index (κ3) is 5.79. The number of hydrogen-bond donors (Lipinski definition) is 2. The molecule has 0 aliphatic carbocycles. The summed E-state index contributed by atoms with van der Waals surface area (Å²) in [7, 11) is -3.94. The molecule has 0 heterocycles. The van der Waals surface area contributed by atoms with Crippen molar-refractivity contribution >= 4 is 56.5 Å². The summed E-state index contributed by atoms with van der Waals surface area (Å²) in [6.45, 7) is 1.98. The Morgan fingerprint density at radius 1 is 0.875 bits per heavy atom. The van der Waals surface area contributed by atoms with Gasteiger partial charge in [-0.1, -0.05) is 29.3 Å². The lowest BCUT2D eigenvalue weighted by molar-refractivity contribution is 0.0526. The normalized spacial score (nSPS) is 11.0. The van der Waals surface area contributed by atoms with Crippen LogP contribution in [0.15, 0.2) is 71.6 Å². The Kier molecular flexibility index (Phi) is 7.40. The summed E-state index contributed by atoms with van der Waals surface area (Å²) in [6.07, 6.45) is 0. The van der Waals surface area contributed by atoms with Gasteiger partial charge in [-0.2, -0.15) is 0 Å². The number of halogens is 2. The number of nitrogens with one attached hydrogen (secondary N) is 2. The molecule has 0 unspecified atom stereocenters. The molecule has 0 saturated heterocycles. The van der Waals surface area contributed by atoms with Gasteiger partial charge >= 0.3 is 5.97 Å². The molecule has 0 fully saturated rings. The van der Waals surface area contributed by atoms with Gasteiger partial charge in [0.15, 0.2) is 0 Å². The first-order valence-corrected chi connectivity index (χ1v) is 11.6. The SMILES string of the molecule is CCOC(=O)c1ccc(NC(=O)c2cccc(NS(=O)(=O)c3ccc(Cl)c(Cl)c3)c2)cc1. The summed E-state index contributed by atoms with van der Waals surface area (Å²) in [6, 6.07) is 16.2. The smallest absolute Gasteiger partial charge is 0.338 e. The molecule has 0 aliphatic rings. The molecule has 3 rings (SSSR count). The number of rotatable bonds is 7. The van der Waals surface area contributed by atoms with Gasteiger partial charge in [0.1, 0.15) is 0 Å². The van der Waals surface area contributed by atoms with Crippen molar-refractivity contribution in [3.63, 3.8) is 0 Å². The number of ether oxygens (including phenoxy) is 1. The fourth-order valence-corrected chi connectivity index (χ4v) is 4.13. The molecule has 0 aromatic heterocycles. The molecule has 0 radical (unpaired) electrons. The number of esters is 1. The fourth-order valence-electron chi connectivity index (χ4n) is 2.69. The fraction of sp³-hybridized carbons (Fsp3) is 0.0909. The topological polar surface area (TPSA) is 102 Å². The van der Waals surface area contributed by atoms with E-state index in [1.54, 1.807) is 31.2 Å². The van der Waals surface area contributed by atoms with Crippen LogP contribution in [0, 0.1) is 0 Å². The van der Waals surface area contributed by atoms with Gasteiger partial charge < -0.3 is 10.1 Å². The van der Waals surface area contributed by atoms with Gasteiger partial charge in [-0.25, -0.2) is 13.2 Å². The maximum Gasteiger partial charge on any atom is 0.338 e. The highest BCUT2D eigenvalue weighted by Gasteiger charge is 2.17. The van der Waals surface area contributed by atoms with Crippen molar-refractivity contribution in [1.29, 1.82) is 0 Å². The Labute approximate surface area is 195 Å². The Morgan fingerprint density at radius 2 is 1.59 bits per heavy atom. The molecule has 0 spiro atoms. The first-order valence-electron chi connectivity index (χ1n) is 9.36. The minimum Gasteiger partial charge on any atom is -0.462 e. The predicted octanol–water partition coefficient (Wildman–Crippen LogP) is 5.22. The van der Waals surface area contributed by atoms with Gasteiger partial charge in [-0.15, -0.1) is 0 Å². The van der Waals surface area contributed by atoms with Crippen LogP contribution in [-0.2, 0) is 14.8 Å². The van der Waals surface area contributed by atoms with E-state index in [4.69, 9.17) is 27.9 Å². The number of sulfonamides is 1. The molecular weight excluding hydrogens is 475 g/mol. The second-order valence-corrected chi connectivity index (χ2v) is 9.01. The van der Waals surface area contributed by atoms with Crippen LogP contribution >= 0.6 is 23.2 Å². The number of benzene rings is 3. The second kappa shape index (κ2) is 10.0. The second-order valence-electron chi connectivity index (χ2n) is 6.51. The van der Waals surface area contributed by atoms with E-state index in [-0.39, 0.29) is 32.8 Å². The van der Waals surface area contributed by atoms with Crippen molar-refractivity contribution in [2.75, 3.05) is 16.6 Å². The largest absolute Gasteiger partial charge is 0.462 e. The van der Waals surface area contributed by atoms with E-state index in [9.17, 15) is 18.0 Å². The molecule has 0 bridgehead atoms. The average molecular weight is 493 g/mol. The van der Waals surface area contributed by atoms with Crippen LogP contribution < -0.4 is 10.0 Å². The van der Waals surface area contributed by atoms with Crippen LogP contribution in [-0.4, -0.2) is 26.9 Å². The number of carbonyl (C=O) groups is 2. The number of anilines is 2. The first kappa shape index (κ1) is 23.6. The Morgan fingerprint density at radius 3 is 2.25 bits per heavy atom. The number of amides is 1. The van der Waals surface area contributed by atoms with E-state index < -0.39 is 21.9 Å². The number of carbonyl (C=O) groups excluding carboxylic acids is 2. The third-order valence-electron chi connectivity index (χ3n) is 4.23. The maximum atomic E-state index is 12.6. The molecule has 7 nitrogen and oxygen atoms in total. The summed E-state index contributed by atoms with van der Waals surface area (Å²) in [4.78, 5) is 24.2. The molecule has 0 aliphatic heterocycles. The highest BCUT2D eigenvalue weighted by Crippen LogP contribution is 2.26. The molecule has 3 aromatic carbocycles. The minimum absolute atomic E-state index is 0.0663. The Bertz CT molecular complexity index is 1260. The van der Waals surface area contributed by atoms with E-state index in [2.05, 4.69) is 10.0 Å². The predicted molar refractivity (Wildman–Crippen MR) is 124 cm³/mol. The molecule has 3 aromatic rings. The molecular formula is C22H18Cl2N2O5S. The van der Waals surface area contributed by atoms with Crippen LogP contribution in [0.25, 0.3) is 0 Å². The van der Waals surface area contributed by atoms with Crippen molar-refractivity contribution in [2.45, 2.75) is 11.8 Å². The van der Waals surface area contributed by atoms with E-state index in [1.165, 1.54) is 42.5 Å². The highest BCUT2D eigenvalue weighted by molar-refractivity contribution is 7.92. The van der Waals surface area contributed by atoms with E-state index >= 15 is 0 Å². The van der Waals surface area contributed by atoms with E-state index in [0.29, 0.717) is 11.3 Å². The van der Waals surface area contributed by atoms with Gasteiger partial charge in [0.2, 0.25) is 0 Å². The van der Waals surface area contributed by atoms with Crippen molar-refractivity contribution < 1.29 is 22.7 Å². The average Bonchev–Trinajstić information content (AvgIpc) is 2.76. The zero-order valence-electron chi connectivity index (χ0n) is 16.8. The summed E-state index contributed by atoms with van der Waals surface area (Å²) in [5.74, 6) is -0.906. The molecule has 10 heteroatoms. The maximum absolute atomic E-state index is 12.6. The van der Waals surface area contributed by atoms with Crippen LogP contribution in [0.5, 0.6) is 0 Å². The molecule has 32 heavy (non-hydrogen) atoms. The lowest BCUT2D eigenvalue weighted by Crippen LogP contribution is -2.15. The lowest BCUT2D eigenvalue weighted by Gasteiger charge is -2.11. The quantitative estimate of drug-likeness (QED) is 0.440. The van der Waals surface area contributed by atoms with Crippen LogP contribution in [0.1, 0.15) is 27.6 Å². The van der Waals surface area contributed by atoms with Crippen molar-refractivity contribution in [2.24, 2.45) is 0 Å². The van der Waals surface area contributed by atoms with Gasteiger partial charge in [-0.05, 0) is 67.6 Å². The minimum atomic E-state index is -3.94. The Balaban J connectivity index is 1.73. The standard InChI is InChI=1S/C22H18Cl2N2O5S/c1-2-31-22(28)14-6-8-16(9-7-14)25-21(27)15-4-3-5-17(12-15)26-32(29,30)18-10-11-19(23)20(24)13-18/h3-13,26H,2H2,1H3,(H,25,27). The van der Waals surface area contributed by atoms with Crippen molar-refractivity contribution in [3.8, 4) is 0 Å². The molecule has 2 N–H and O–H groups in total.